The average molecular weight is 250 g/mol. The van der Waals surface area contributed by atoms with Crippen molar-refractivity contribution in [1.82, 2.24) is 9.80 Å². The highest BCUT2D eigenvalue weighted by atomic mass is 19.3. The molecule has 3 atom stereocenters. The van der Waals surface area contributed by atoms with Crippen LogP contribution in [0.1, 0.15) is 6.42 Å². The van der Waals surface area contributed by atoms with E-state index in [2.05, 4.69) is 0 Å². The molecule has 0 saturated carbocycles. The molecule has 0 aromatic heterocycles. The third-order valence-electron chi connectivity index (χ3n) is 3.61. The Balaban J connectivity index is 1.85. The molecule has 2 heterocycles. The van der Waals surface area contributed by atoms with Crippen molar-refractivity contribution in [3.05, 3.63) is 0 Å². The number of halogens is 2. The van der Waals surface area contributed by atoms with Gasteiger partial charge in [-0.3, -0.25) is 4.90 Å². The molecule has 0 spiro atoms. The van der Waals surface area contributed by atoms with Crippen LogP contribution in [0.3, 0.4) is 0 Å². The second-order valence-corrected chi connectivity index (χ2v) is 5.23. The quantitative estimate of drug-likeness (QED) is 0.766. The van der Waals surface area contributed by atoms with Crippen molar-refractivity contribution in [1.29, 1.82) is 0 Å². The number of aliphatic hydroxyl groups is 1. The first kappa shape index (κ1) is 13.1. The zero-order valence-corrected chi connectivity index (χ0v) is 10.3. The van der Waals surface area contributed by atoms with E-state index in [-0.39, 0.29) is 25.1 Å². The van der Waals surface area contributed by atoms with Gasteiger partial charge in [0.1, 0.15) is 0 Å². The molecule has 2 saturated heterocycles. The number of aliphatic hydroxyl groups excluding tert-OH is 1. The van der Waals surface area contributed by atoms with Crippen molar-refractivity contribution < 1.29 is 18.6 Å². The van der Waals surface area contributed by atoms with Crippen molar-refractivity contribution in [2.45, 2.75) is 30.6 Å². The van der Waals surface area contributed by atoms with E-state index in [1.165, 1.54) is 0 Å². The summed E-state index contributed by atoms with van der Waals surface area (Å²) in [6.07, 6.45) is -1.04. The lowest BCUT2D eigenvalue weighted by Gasteiger charge is -2.25. The van der Waals surface area contributed by atoms with Crippen LogP contribution in [0, 0.1) is 0 Å². The largest absolute Gasteiger partial charge is 0.389 e. The van der Waals surface area contributed by atoms with Crippen LogP contribution in [0.4, 0.5) is 8.78 Å². The number of ether oxygens (including phenoxy) is 1. The van der Waals surface area contributed by atoms with Crippen molar-refractivity contribution in [2.75, 3.05) is 40.3 Å². The van der Waals surface area contributed by atoms with E-state index < -0.39 is 12.0 Å². The molecule has 2 aliphatic rings. The Morgan fingerprint density at radius 1 is 1.47 bits per heavy atom. The van der Waals surface area contributed by atoms with Crippen molar-refractivity contribution in [3.8, 4) is 0 Å². The molecular weight excluding hydrogens is 230 g/mol. The van der Waals surface area contributed by atoms with E-state index in [0.717, 1.165) is 0 Å². The Kier molecular flexibility index (Phi) is 3.68. The molecule has 6 heteroatoms. The van der Waals surface area contributed by atoms with Gasteiger partial charge in [0.2, 0.25) is 0 Å². The summed E-state index contributed by atoms with van der Waals surface area (Å²) in [5.74, 6) is -2.58. The number of hydrogen-bond acceptors (Lipinski definition) is 4. The molecule has 0 aromatic carbocycles. The van der Waals surface area contributed by atoms with Crippen molar-refractivity contribution in [3.63, 3.8) is 0 Å². The van der Waals surface area contributed by atoms with Crippen LogP contribution in [-0.2, 0) is 4.74 Å². The second kappa shape index (κ2) is 4.76. The van der Waals surface area contributed by atoms with E-state index in [0.29, 0.717) is 19.7 Å². The molecule has 0 amide bonds. The summed E-state index contributed by atoms with van der Waals surface area (Å²) in [6, 6.07) is -0.0388. The summed E-state index contributed by atoms with van der Waals surface area (Å²) in [5.41, 5.74) is 0. The van der Waals surface area contributed by atoms with Gasteiger partial charge in [-0.25, -0.2) is 8.78 Å². The molecule has 2 fully saturated rings. The minimum absolute atomic E-state index is 0.0388. The fourth-order valence-electron chi connectivity index (χ4n) is 2.50. The Morgan fingerprint density at radius 2 is 2.18 bits per heavy atom. The van der Waals surface area contributed by atoms with Gasteiger partial charge in [0.15, 0.2) is 0 Å². The second-order valence-electron chi connectivity index (χ2n) is 5.23. The highest BCUT2D eigenvalue weighted by molar-refractivity contribution is 4.92. The van der Waals surface area contributed by atoms with Gasteiger partial charge in [0.25, 0.3) is 5.92 Å². The van der Waals surface area contributed by atoms with Gasteiger partial charge >= 0.3 is 0 Å². The number of rotatable bonds is 3. The molecule has 0 aromatic rings. The van der Waals surface area contributed by atoms with Crippen LogP contribution in [0.2, 0.25) is 0 Å². The zero-order chi connectivity index (χ0) is 12.6. The van der Waals surface area contributed by atoms with Gasteiger partial charge in [-0.15, -0.1) is 0 Å². The standard InChI is InChI=1S/C11H20F2N2O2/c1-14(2)8-6-17-9(10(8)16)5-15-4-3-11(12,13)7-15/h8-10,16H,3-7H2,1-2H3/t8-,9-,10+/m0/s1. The predicted molar refractivity (Wildman–Crippen MR) is 59.2 cm³/mol. The lowest BCUT2D eigenvalue weighted by Crippen LogP contribution is -2.44. The summed E-state index contributed by atoms with van der Waals surface area (Å²) in [5, 5.41) is 10.0. The van der Waals surface area contributed by atoms with Crippen molar-refractivity contribution in [2.24, 2.45) is 0 Å². The van der Waals surface area contributed by atoms with E-state index in [4.69, 9.17) is 4.74 Å². The fraction of sp³-hybridized carbons (Fsp3) is 1.00. The predicted octanol–water partition coefficient (Wildman–Crippen LogP) is 0.0173. The third kappa shape index (κ3) is 2.93. The van der Waals surface area contributed by atoms with Crippen LogP contribution in [0.5, 0.6) is 0 Å². The minimum Gasteiger partial charge on any atom is -0.389 e. The summed E-state index contributed by atoms with van der Waals surface area (Å²) in [6.45, 7) is 1.02. The smallest absolute Gasteiger partial charge is 0.261 e. The van der Waals surface area contributed by atoms with Crippen LogP contribution >= 0.6 is 0 Å². The number of hydrogen-bond donors (Lipinski definition) is 1. The molecule has 0 aliphatic carbocycles. The van der Waals surface area contributed by atoms with Crippen LogP contribution < -0.4 is 0 Å². The highest BCUT2D eigenvalue weighted by Gasteiger charge is 2.42. The molecule has 2 aliphatic heterocycles. The molecule has 2 rings (SSSR count). The Labute approximate surface area is 100 Å². The van der Waals surface area contributed by atoms with Crippen molar-refractivity contribution >= 4 is 0 Å². The Bertz CT molecular complexity index is 276. The topological polar surface area (TPSA) is 35.9 Å². The fourth-order valence-corrected chi connectivity index (χ4v) is 2.50. The molecule has 0 bridgehead atoms. The lowest BCUT2D eigenvalue weighted by atomic mass is 10.1. The lowest BCUT2D eigenvalue weighted by molar-refractivity contribution is -0.00839. The van der Waals surface area contributed by atoms with Gasteiger partial charge < -0.3 is 14.7 Å². The first-order valence-corrected chi connectivity index (χ1v) is 5.95. The summed E-state index contributed by atoms with van der Waals surface area (Å²) in [4.78, 5) is 3.58. The minimum atomic E-state index is -2.58. The van der Waals surface area contributed by atoms with Crippen LogP contribution in [0.25, 0.3) is 0 Å². The number of alkyl halides is 2. The average Bonchev–Trinajstić information content (AvgIpc) is 2.72. The molecule has 17 heavy (non-hydrogen) atoms. The van der Waals surface area contributed by atoms with Gasteiger partial charge in [-0.1, -0.05) is 0 Å². The van der Waals surface area contributed by atoms with Gasteiger partial charge in [0, 0.05) is 19.5 Å². The molecule has 0 radical (unpaired) electrons. The molecule has 1 N–H and O–H groups in total. The van der Waals surface area contributed by atoms with Gasteiger partial charge in [0.05, 0.1) is 31.4 Å². The van der Waals surface area contributed by atoms with Gasteiger partial charge in [-0.05, 0) is 14.1 Å². The number of likely N-dealkylation sites (tertiary alicyclic amines) is 1. The Hall–Kier alpha value is -0.300. The highest BCUT2D eigenvalue weighted by Crippen LogP contribution is 2.28. The van der Waals surface area contributed by atoms with E-state index in [1.54, 1.807) is 4.90 Å². The SMILES string of the molecule is CN(C)[C@H]1CO[C@@H](CN2CCC(F)(F)C2)[C@@H]1O. The van der Waals surface area contributed by atoms with E-state index in [9.17, 15) is 13.9 Å². The molecule has 4 nitrogen and oxygen atoms in total. The van der Waals surface area contributed by atoms with E-state index in [1.807, 2.05) is 19.0 Å². The zero-order valence-electron chi connectivity index (χ0n) is 10.3. The number of likely N-dealkylation sites (N-methyl/N-ethyl adjacent to an activating group) is 1. The van der Waals surface area contributed by atoms with Crippen LogP contribution in [-0.4, -0.2) is 79.4 Å². The maximum absolute atomic E-state index is 13.0. The summed E-state index contributed by atoms with van der Waals surface area (Å²) < 4.78 is 31.5. The maximum atomic E-state index is 13.0. The third-order valence-corrected chi connectivity index (χ3v) is 3.61. The maximum Gasteiger partial charge on any atom is 0.261 e. The summed E-state index contributed by atoms with van der Waals surface area (Å²) in [7, 11) is 3.76. The first-order chi connectivity index (χ1) is 7.89. The summed E-state index contributed by atoms with van der Waals surface area (Å²) >= 11 is 0. The molecule has 100 valence electrons. The molecule has 0 unspecified atom stereocenters. The normalized spacial score (nSPS) is 38.1. The molecular formula is C11H20F2N2O2. The van der Waals surface area contributed by atoms with E-state index >= 15 is 0 Å². The Morgan fingerprint density at radius 3 is 2.65 bits per heavy atom. The van der Waals surface area contributed by atoms with Gasteiger partial charge in [-0.2, -0.15) is 0 Å². The number of nitrogens with zero attached hydrogens (tertiary/aromatic N) is 2. The monoisotopic (exact) mass is 250 g/mol. The van der Waals surface area contributed by atoms with Crippen LogP contribution in [0.15, 0.2) is 0 Å². The first-order valence-electron chi connectivity index (χ1n) is 5.95.